The van der Waals surface area contributed by atoms with E-state index in [2.05, 4.69) is 10.2 Å². The molecule has 3 atom stereocenters. The Morgan fingerprint density at radius 2 is 1.74 bits per heavy atom. The van der Waals surface area contributed by atoms with Crippen molar-refractivity contribution in [3.63, 3.8) is 0 Å². The minimum Gasteiger partial charge on any atom is -0.370 e. The first-order valence-corrected chi connectivity index (χ1v) is 8.44. The van der Waals surface area contributed by atoms with Gasteiger partial charge in [0.1, 0.15) is 0 Å². The molecule has 3 aliphatic heterocycles. The SMILES string of the molecule is C1CCC2(CC1)CCC(CN1C[C@H]3CNC[C@H]3C1)O2. The van der Waals surface area contributed by atoms with Crippen molar-refractivity contribution in [1.82, 2.24) is 10.2 Å². The molecule has 0 radical (unpaired) electrons. The second kappa shape index (κ2) is 5.01. The Morgan fingerprint density at radius 1 is 1.00 bits per heavy atom. The summed E-state index contributed by atoms with van der Waals surface area (Å²) in [6.45, 7) is 6.32. The molecular formula is C16H28N2O. The Kier molecular flexibility index (Phi) is 3.33. The molecule has 1 aliphatic carbocycles. The van der Waals surface area contributed by atoms with Crippen molar-refractivity contribution in [2.45, 2.75) is 56.7 Å². The Labute approximate surface area is 117 Å². The highest BCUT2D eigenvalue weighted by molar-refractivity contribution is 4.95. The number of hydrogen-bond acceptors (Lipinski definition) is 3. The minimum atomic E-state index is 0.306. The zero-order valence-electron chi connectivity index (χ0n) is 12.1. The number of rotatable bonds is 2. The van der Waals surface area contributed by atoms with Gasteiger partial charge in [0, 0.05) is 19.6 Å². The van der Waals surface area contributed by atoms with E-state index in [0.29, 0.717) is 11.7 Å². The van der Waals surface area contributed by atoms with E-state index in [1.165, 1.54) is 77.7 Å². The molecule has 4 fully saturated rings. The van der Waals surface area contributed by atoms with Crippen LogP contribution in [0.15, 0.2) is 0 Å². The standard InChI is InChI=1S/C16H28N2O/c1-2-5-16(6-3-1)7-4-15(19-16)12-18-10-13-8-17-9-14(13)11-18/h13-15,17H,1-12H2/t13-,14+,15?. The topological polar surface area (TPSA) is 24.5 Å². The van der Waals surface area contributed by atoms with Crippen LogP contribution in [0.1, 0.15) is 44.9 Å². The van der Waals surface area contributed by atoms with Gasteiger partial charge in [-0.3, -0.25) is 0 Å². The maximum Gasteiger partial charge on any atom is 0.0710 e. The van der Waals surface area contributed by atoms with Crippen molar-refractivity contribution in [1.29, 1.82) is 0 Å². The van der Waals surface area contributed by atoms with Gasteiger partial charge in [-0.05, 0) is 50.6 Å². The van der Waals surface area contributed by atoms with E-state index in [0.717, 1.165) is 11.8 Å². The van der Waals surface area contributed by atoms with Crippen LogP contribution in [0.2, 0.25) is 0 Å². The molecule has 0 amide bonds. The Hall–Kier alpha value is -0.120. The van der Waals surface area contributed by atoms with Gasteiger partial charge in [0.25, 0.3) is 0 Å². The molecule has 1 N–H and O–H groups in total. The van der Waals surface area contributed by atoms with Crippen molar-refractivity contribution in [3.8, 4) is 0 Å². The fourth-order valence-corrected chi connectivity index (χ4v) is 4.98. The summed E-state index contributed by atoms with van der Waals surface area (Å²) < 4.78 is 6.52. The Morgan fingerprint density at radius 3 is 2.47 bits per heavy atom. The van der Waals surface area contributed by atoms with Crippen LogP contribution < -0.4 is 5.32 Å². The lowest BCUT2D eigenvalue weighted by molar-refractivity contribution is -0.0707. The summed E-state index contributed by atoms with van der Waals surface area (Å²) in [7, 11) is 0. The first kappa shape index (κ1) is 12.6. The summed E-state index contributed by atoms with van der Waals surface area (Å²) in [4.78, 5) is 2.68. The Balaban J connectivity index is 1.30. The van der Waals surface area contributed by atoms with E-state index in [1.54, 1.807) is 0 Å². The van der Waals surface area contributed by atoms with E-state index in [1.807, 2.05) is 0 Å². The predicted octanol–water partition coefficient (Wildman–Crippen LogP) is 2.02. The lowest BCUT2D eigenvalue weighted by Crippen LogP contribution is -2.36. The van der Waals surface area contributed by atoms with Crippen LogP contribution in [0, 0.1) is 11.8 Å². The number of nitrogens with zero attached hydrogens (tertiary/aromatic N) is 1. The highest BCUT2D eigenvalue weighted by atomic mass is 16.5. The molecule has 3 heteroatoms. The summed E-state index contributed by atoms with van der Waals surface area (Å²) >= 11 is 0. The number of nitrogens with one attached hydrogen (secondary N) is 1. The van der Waals surface area contributed by atoms with Gasteiger partial charge >= 0.3 is 0 Å². The van der Waals surface area contributed by atoms with Crippen LogP contribution in [-0.4, -0.2) is 49.3 Å². The second-order valence-electron chi connectivity index (χ2n) is 7.42. The summed E-state index contributed by atoms with van der Waals surface area (Å²) in [5.41, 5.74) is 0.306. The molecule has 108 valence electrons. The zero-order chi connectivity index (χ0) is 12.7. The van der Waals surface area contributed by atoms with Gasteiger partial charge in [-0.2, -0.15) is 0 Å². The predicted molar refractivity (Wildman–Crippen MR) is 76.2 cm³/mol. The van der Waals surface area contributed by atoms with Crippen LogP contribution in [0.5, 0.6) is 0 Å². The molecule has 4 rings (SSSR count). The van der Waals surface area contributed by atoms with Gasteiger partial charge in [-0.25, -0.2) is 0 Å². The molecular weight excluding hydrogens is 236 g/mol. The van der Waals surface area contributed by atoms with Crippen molar-refractivity contribution in [2.24, 2.45) is 11.8 Å². The van der Waals surface area contributed by atoms with E-state index in [-0.39, 0.29) is 0 Å². The molecule has 0 aromatic rings. The zero-order valence-corrected chi connectivity index (χ0v) is 12.1. The first-order valence-electron chi connectivity index (χ1n) is 8.44. The highest BCUT2D eigenvalue weighted by Gasteiger charge is 2.43. The van der Waals surface area contributed by atoms with Crippen LogP contribution >= 0.6 is 0 Å². The van der Waals surface area contributed by atoms with Gasteiger partial charge in [-0.15, -0.1) is 0 Å². The molecule has 0 bridgehead atoms. The minimum absolute atomic E-state index is 0.306. The molecule has 0 aromatic carbocycles. The third-order valence-corrected chi connectivity index (χ3v) is 6.03. The van der Waals surface area contributed by atoms with Gasteiger partial charge in [0.15, 0.2) is 0 Å². The van der Waals surface area contributed by atoms with Gasteiger partial charge in [0.05, 0.1) is 11.7 Å². The fraction of sp³-hybridized carbons (Fsp3) is 1.00. The van der Waals surface area contributed by atoms with Crippen LogP contribution in [-0.2, 0) is 4.74 Å². The third kappa shape index (κ3) is 2.45. The number of hydrogen-bond donors (Lipinski definition) is 1. The van der Waals surface area contributed by atoms with E-state index >= 15 is 0 Å². The molecule has 0 aromatic heterocycles. The fourth-order valence-electron chi connectivity index (χ4n) is 4.98. The largest absolute Gasteiger partial charge is 0.370 e. The molecule has 3 saturated heterocycles. The maximum absolute atomic E-state index is 6.52. The van der Waals surface area contributed by atoms with Crippen LogP contribution in [0.25, 0.3) is 0 Å². The third-order valence-electron chi connectivity index (χ3n) is 6.03. The molecule has 3 heterocycles. The van der Waals surface area contributed by atoms with Crippen molar-refractivity contribution in [3.05, 3.63) is 0 Å². The van der Waals surface area contributed by atoms with Crippen molar-refractivity contribution >= 4 is 0 Å². The average molecular weight is 264 g/mol. The Bertz CT molecular complexity index is 315. The van der Waals surface area contributed by atoms with E-state index in [9.17, 15) is 0 Å². The molecule has 1 saturated carbocycles. The number of fused-ring (bicyclic) bond motifs is 1. The molecule has 19 heavy (non-hydrogen) atoms. The summed E-state index contributed by atoms with van der Waals surface area (Å²) in [6, 6.07) is 0. The molecule has 4 aliphatic rings. The second-order valence-corrected chi connectivity index (χ2v) is 7.42. The van der Waals surface area contributed by atoms with Crippen LogP contribution in [0.4, 0.5) is 0 Å². The van der Waals surface area contributed by atoms with Crippen LogP contribution in [0.3, 0.4) is 0 Å². The molecule has 1 unspecified atom stereocenters. The molecule has 3 nitrogen and oxygen atoms in total. The highest BCUT2D eigenvalue weighted by Crippen LogP contribution is 2.42. The average Bonchev–Trinajstić information content (AvgIpc) is 3.07. The summed E-state index contributed by atoms with van der Waals surface area (Å²) in [6.07, 6.45) is 10.1. The quantitative estimate of drug-likeness (QED) is 0.826. The summed E-state index contributed by atoms with van der Waals surface area (Å²) in [5.74, 6) is 1.84. The van der Waals surface area contributed by atoms with Gasteiger partial charge < -0.3 is 15.0 Å². The number of likely N-dealkylation sites (tertiary alicyclic amines) is 1. The van der Waals surface area contributed by atoms with Crippen molar-refractivity contribution < 1.29 is 4.74 Å². The lowest BCUT2D eigenvalue weighted by atomic mass is 9.83. The normalized spacial score (nSPS) is 42.0. The number of ether oxygens (including phenoxy) is 1. The smallest absolute Gasteiger partial charge is 0.0710 e. The first-order chi connectivity index (χ1) is 9.33. The molecule has 1 spiro atoms. The van der Waals surface area contributed by atoms with Gasteiger partial charge in [-0.1, -0.05) is 19.3 Å². The van der Waals surface area contributed by atoms with E-state index in [4.69, 9.17) is 4.74 Å². The lowest BCUT2D eigenvalue weighted by Gasteiger charge is -2.34. The summed E-state index contributed by atoms with van der Waals surface area (Å²) in [5, 5.41) is 3.53. The monoisotopic (exact) mass is 264 g/mol. The van der Waals surface area contributed by atoms with Crippen molar-refractivity contribution in [2.75, 3.05) is 32.7 Å². The van der Waals surface area contributed by atoms with E-state index < -0.39 is 0 Å². The van der Waals surface area contributed by atoms with Gasteiger partial charge in [0.2, 0.25) is 0 Å². The maximum atomic E-state index is 6.52.